The maximum absolute atomic E-state index is 10.3. The highest BCUT2D eigenvalue weighted by Gasteiger charge is 2.23. The van der Waals surface area contributed by atoms with E-state index in [2.05, 4.69) is 4.98 Å². The third kappa shape index (κ3) is 2.40. The highest BCUT2D eigenvalue weighted by Crippen LogP contribution is 2.30. The Morgan fingerprint density at radius 3 is 2.61 bits per heavy atom. The average Bonchev–Trinajstić information content (AvgIpc) is 3.09. The van der Waals surface area contributed by atoms with E-state index in [1.807, 2.05) is 31.2 Å². The van der Waals surface area contributed by atoms with Crippen LogP contribution < -0.4 is 4.74 Å². The summed E-state index contributed by atoms with van der Waals surface area (Å²) in [4.78, 5) is 5.07. The number of hydrogen-bond donors (Lipinski definition) is 1. The van der Waals surface area contributed by atoms with Gasteiger partial charge in [0, 0.05) is 0 Å². The van der Waals surface area contributed by atoms with Gasteiger partial charge < -0.3 is 9.84 Å². The number of nitrogens with zero attached hydrogens (tertiary/aromatic N) is 1. The molecule has 1 unspecified atom stereocenters. The minimum Gasteiger partial charge on any atom is -0.490 e. The third-order valence-corrected chi connectivity index (χ3v) is 4.04. The van der Waals surface area contributed by atoms with Gasteiger partial charge in [0.05, 0.1) is 22.2 Å². The van der Waals surface area contributed by atoms with Crippen LogP contribution in [0.3, 0.4) is 0 Å². The molecule has 0 saturated heterocycles. The van der Waals surface area contributed by atoms with Gasteiger partial charge >= 0.3 is 0 Å². The molecule has 0 spiro atoms. The molecule has 0 amide bonds. The summed E-state index contributed by atoms with van der Waals surface area (Å²) >= 11 is 1.48. The van der Waals surface area contributed by atoms with Gasteiger partial charge in [-0.15, -0.1) is 11.3 Å². The molecule has 1 saturated carbocycles. The number of thiazole rings is 1. The third-order valence-electron chi connectivity index (χ3n) is 3.05. The molecule has 0 aliphatic heterocycles. The zero-order valence-electron chi connectivity index (χ0n) is 10.2. The Balaban J connectivity index is 1.77. The van der Waals surface area contributed by atoms with Gasteiger partial charge in [-0.2, -0.15) is 0 Å². The van der Waals surface area contributed by atoms with Crippen LogP contribution in [0.15, 0.2) is 29.8 Å². The van der Waals surface area contributed by atoms with Crippen molar-refractivity contribution in [2.75, 3.05) is 0 Å². The number of aliphatic hydroxyl groups excluding tert-OH is 1. The number of aliphatic hydroxyl groups is 1. The van der Waals surface area contributed by atoms with Crippen molar-refractivity contribution in [2.24, 2.45) is 0 Å². The van der Waals surface area contributed by atoms with Gasteiger partial charge in [-0.1, -0.05) is 12.1 Å². The van der Waals surface area contributed by atoms with Crippen molar-refractivity contribution in [3.05, 3.63) is 45.9 Å². The zero-order valence-corrected chi connectivity index (χ0v) is 11.0. The molecule has 18 heavy (non-hydrogen) atoms. The molecule has 1 heterocycles. The molecule has 1 N–H and O–H groups in total. The minimum atomic E-state index is -0.590. The molecular weight excluding hydrogens is 246 g/mol. The van der Waals surface area contributed by atoms with E-state index in [1.165, 1.54) is 11.3 Å². The largest absolute Gasteiger partial charge is 0.490 e. The summed E-state index contributed by atoms with van der Waals surface area (Å²) in [6.45, 7) is 1.92. The number of aryl methyl sites for hydroxylation is 1. The Bertz CT molecular complexity index is 531. The second-order valence-electron chi connectivity index (χ2n) is 4.59. The van der Waals surface area contributed by atoms with Crippen molar-refractivity contribution in [2.45, 2.75) is 32.0 Å². The Morgan fingerprint density at radius 1 is 1.33 bits per heavy atom. The van der Waals surface area contributed by atoms with Gasteiger partial charge in [0.1, 0.15) is 11.9 Å². The normalized spacial score (nSPS) is 16.6. The van der Waals surface area contributed by atoms with E-state index in [9.17, 15) is 5.11 Å². The van der Waals surface area contributed by atoms with Crippen molar-refractivity contribution in [1.29, 1.82) is 0 Å². The van der Waals surface area contributed by atoms with Crippen molar-refractivity contribution in [3.8, 4) is 5.75 Å². The van der Waals surface area contributed by atoms with Crippen LogP contribution in [0.5, 0.6) is 5.75 Å². The summed E-state index contributed by atoms with van der Waals surface area (Å²) in [6.07, 6.45) is 2.13. The fraction of sp³-hybridized carbons (Fsp3) is 0.357. The molecule has 0 radical (unpaired) electrons. The maximum Gasteiger partial charge on any atom is 0.119 e. The Labute approximate surface area is 110 Å². The standard InChI is InChI=1S/C14H15NO2S/c1-9-14(18-8-15-9)13(16)10-2-4-11(5-3-10)17-12-6-7-12/h2-5,8,12-13,16H,6-7H2,1H3. The molecular formula is C14H15NO2S. The fourth-order valence-electron chi connectivity index (χ4n) is 1.83. The van der Waals surface area contributed by atoms with E-state index in [-0.39, 0.29) is 0 Å². The molecule has 0 bridgehead atoms. The predicted octanol–water partition coefficient (Wildman–Crippen LogP) is 3.07. The molecule has 94 valence electrons. The van der Waals surface area contributed by atoms with Gasteiger partial charge in [0.15, 0.2) is 0 Å². The SMILES string of the molecule is Cc1ncsc1C(O)c1ccc(OC2CC2)cc1. The lowest BCUT2D eigenvalue weighted by Crippen LogP contribution is -2.00. The first-order chi connectivity index (χ1) is 8.74. The fourth-order valence-corrected chi connectivity index (χ4v) is 2.64. The molecule has 1 fully saturated rings. The molecule has 4 heteroatoms. The second kappa shape index (κ2) is 4.71. The smallest absolute Gasteiger partial charge is 0.119 e. The number of hydrogen-bond acceptors (Lipinski definition) is 4. The van der Waals surface area contributed by atoms with Crippen LogP contribution >= 0.6 is 11.3 Å². The number of benzene rings is 1. The van der Waals surface area contributed by atoms with Gasteiger partial charge in [-0.05, 0) is 37.5 Å². The molecule has 1 aromatic carbocycles. The molecule has 2 aromatic rings. The number of rotatable bonds is 4. The quantitative estimate of drug-likeness (QED) is 0.919. The van der Waals surface area contributed by atoms with Crippen LogP contribution in [0.4, 0.5) is 0 Å². The van der Waals surface area contributed by atoms with E-state index >= 15 is 0 Å². The number of ether oxygens (including phenoxy) is 1. The van der Waals surface area contributed by atoms with E-state index in [0.29, 0.717) is 6.10 Å². The first-order valence-corrected chi connectivity index (χ1v) is 6.96. The molecule has 1 aliphatic rings. The topological polar surface area (TPSA) is 42.4 Å². The lowest BCUT2D eigenvalue weighted by Gasteiger charge is -2.11. The molecule has 1 aromatic heterocycles. The van der Waals surface area contributed by atoms with Crippen LogP contribution in [0.25, 0.3) is 0 Å². The molecule has 1 atom stereocenters. The summed E-state index contributed by atoms with van der Waals surface area (Å²) in [6, 6.07) is 7.68. The van der Waals surface area contributed by atoms with Crippen molar-refractivity contribution >= 4 is 11.3 Å². The van der Waals surface area contributed by atoms with E-state index in [0.717, 1.165) is 34.7 Å². The number of aromatic nitrogens is 1. The van der Waals surface area contributed by atoms with Crippen LogP contribution in [0, 0.1) is 6.92 Å². The average molecular weight is 261 g/mol. The Hall–Kier alpha value is -1.39. The summed E-state index contributed by atoms with van der Waals surface area (Å²) in [5.74, 6) is 0.884. The minimum absolute atomic E-state index is 0.407. The van der Waals surface area contributed by atoms with E-state index in [1.54, 1.807) is 5.51 Å². The van der Waals surface area contributed by atoms with E-state index < -0.39 is 6.10 Å². The van der Waals surface area contributed by atoms with Crippen molar-refractivity contribution in [1.82, 2.24) is 4.98 Å². The summed E-state index contributed by atoms with van der Waals surface area (Å²) in [5.41, 5.74) is 3.54. The highest BCUT2D eigenvalue weighted by molar-refractivity contribution is 7.09. The predicted molar refractivity (Wildman–Crippen MR) is 71.0 cm³/mol. The lowest BCUT2D eigenvalue weighted by atomic mass is 10.1. The van der Waals surface area contributed by atoms with Gasteiger partial charge in [-0.3, -0.25) is 0 Å². The molecule has 1 aliphatic carbocycles. The maximum atomic E-state index is 10.3. The van der Waals surface area contributed by atoms with Gasteiger partial charge in [-0.25, -0.2) is 4.98 Å². The van der Waals surface area contributed by atoms with Gasteiger partial charge in [0.25, 0.3) is 0 Å². The summed E-state index contributed by atoms with van der Waals surface area (Å²) in [5, 5.41) is 10.3. The monoisotopic (exact) mass is 261 g/mol. The first kappa shape index (κ1) is 11.7. The van der Waals surface area contributed by atoms with Crippen LogP contribution in [0.1, 0.15) is 35.1 Å². The summed E-state index contributed by atoms with van der Waals surface area (Å²) in [7, 11) is 0. The summed E-state index contributed by atoms with van der Waals surface area (Å²) < 4.78 is 5.68. The Morgan fingerprint density at radius 2 is 2.06 bits per heavy atom. The Kier molecular flexibility index (Phi) is 3.06. The first-order valence-electron chi connectivity index (χ1n) is 6.08. The van der Waals surface area contributed by atoms with Crippen molar-refractivity contribution in [3.63, 3.8) is 0 Å². The van der Waals surface area contributed by atoms with Crippen LogP contribution in [-0.2, 0) is 0 Å². The lowest BCUT2D eigenvalue weighted by molar-refractivity contribution is 0.223. The van der Waals surface area contributed by atoms with Crippen LogP contribution in [0.2, 0.25) is 0 Å². The van der Waals surface area contributed by atoms with Crippen LogP contribution in [-0.4, -0.2) is 16.2 Å². The van der Waals surface area contributed by atoms with Crippen molar-refractivity contribution < 1.29 is 9.84 Å². The zero-order chi connectivity index (χ0) is 12.5. The molecule has 3 nitrogen and oxygen atoms in total. The highest BCUT2D eigenvalue weighted by atomic mass is 32.1. The molecule has 3 rings (SSSR count). The van der Waals surface area contributed by atoms with Gasteiger partial charge in [0.2, 0.25) is 0 Å². The van der Waals surface area contributed by atoms with E-state index in [4.69, 9.17) is 4.74 Å². The second-order valence-corrected chi connectivity index (χ2v) is 5.48.